The average Bonchev–Trinajstić information content (AvgIpc) is 3.02. The highest BCUT2D eigenvalue weighted by atomic mass is 32.1. The maximum absolute atomic E-state index is 12.9. The lowest BCUT2D eigenvalue weighted by molar-refractivity contribution is -0.131. The van der Waals surface area contributed by atoms with Crippen LogP contribution < -0.4 is 16.0 Å². The molecule has 4 amide bonds. The van der Waals surface area contributed by atoms with Crippen LogP contribution in [0.15, 0.2) is 12.3 Å². The van der Waals surface area contributed by atoms with Crippen LogP contribution in [-0.4, -0.2) is 46.9 Å². The molecule has 9 nitrogen and oxygen atoms in total. The molecule has 138 valence electrons. The quantitative estimate of drug-likeness (QED) is 0.745. The molecule has 3 N–H and O–H groups in total. The number of rotatable bonds is 3. The van der Waals surface area contributed by atoms with E-state index in [2.05, 4.69) is 20.9 Å². The number of anilines is 2. The van der Waals surface area contributed by atoms with E-state index < -0.39 is 6.03 Å². The van der Waals surface area contributed by atoms with Crippen LogP contribution in [0.4, 0.5) is 16.2 Å². The molecule has 1 fully saturated rings. The van der Waals surface area contributed by atoms with Crippen LogP contribution in [0.2, 0.25) is 0 Å². The first-order chi connectivity index (χ1) is 13.1. The number of amides is 4. The molecule has 4 rings (SSSR count). The molecule has 27 heavy (non-hydrogen) atoms. The Morgan fingerprint density at radius 2 is 2.30 bits per heavy atom. The number of thiophene rings is 1. The average molecular weight is 384 g/mol. The number of nitriles is 1. The lowest BCUT2D eigenvalue weighted by atomic mass is 10.0. The lowest BCUT2D eigenvalue weighted by Gasteiger charge is -2.32. The molecule has 1 unspecified atom stereocenters. The summed E-state index contributed by atoms with van der Waals surface area (Å²) in [6.45, 7) is 0.972. The van der Waals surface area contributed by atoms with Gasteiger partial charge < -0.3 is 20.9 Å². The Labute approximate surface area is 158 Å². The molecular weight excluding hydrogens is 368 g/mol. The van der Waals surface area contributed by atoms with Crippen molar-refractivity contribution in [2.24, 2.45) is 0 Å². The van der Waals surface area contributed by atoms with Gasteiger partial charge in [0.2, 0.25) is 5.91 Å². The first-order valence-corrected chi connectivity index (χ1v) is 9.33. The number of nitrogens with zero attached hydrogens (tertiary/aromatic N) is 3. The summed E-state index contributed by atoms with van der Waals surface area (Å²) in [5.74, 6) is -0.527. The van der Waals surface area contributed by atoms with Crippen LogP contribution in [0.5, 0.6) is 0 Å². The summed E-state index contributed by atoms with van der Waals surface area (Å²) in [7, 11) is 0. The lowest BCUT2D eigenvalue weighted by Crippen LogP contribution is -2.49. The van der Waals surface area contributed by atoms with Crippen molar-refractivity contribution in [1.29, 1.82) is 5.26 Å². The van der Waals surface area contributed by atoms with Gasteiger partial charge in [-0.15, -0.1) is 11.3 Å². The Hall–Kier alpha value is -3.19. The van der Waals surface area contributed by atoms with Gasteiger partial charge in [0.25, 0.3) is 5.91 Å². The van der Waals surface area contributed by atoms with Gasteiger partial charge in [0.05, 0.1) is 22.8 Å². The number of carbonyl (C=O) groups excluding carboxylic acids is 3. The normalized spacial score (nSPS) is 18.4. The van der Waals surface area contributed by atoms with Crippen molar-refractivity contribution in [1.82, 2.24) is 15.2 Å². The second-order valence-corrected chi connectivity index (χ2v) is 7.41. The number of hydrogen-bond donors (Lipinski definition) is 3. The Morgan fingerprint density at radius 3 is 3.11 bits per heavy atom. The van der Waals surface area contributed by atoms with Gasteiger partial charge in [-0.1, -0.05) is 0 Å². The number of urea groups is 1. The number of aromatic nitrogens is 1. The maximum atomic E-state index is 12.9. The zero-order chi connectivity index (χ0) is 19.0. The number of likely N-dealkylation sites (tertiary alicyclic amines) is 1. The van der Waals surface area contributed by atoms with Crippen LogP contribution in [-0.2, 0) is 4.79 Å². The van der Waals surface area contributed by atoms with E-state index in [-0.39, 0.29) is 24.3 Å². The summed E-state index contributed by atoms with van der Waals surface area (Å²) in [6.07, 6.45) is 2.94. The summed E-state index contributed by atoms with van der Waals surface area (Å²) in [4.78, 5) is 43.6. The molecule has 0 aromatic carbocycles. The van der Waals surface area contributed by atoms with Crippen LogP contribution in [0, 0.1) is 11.3 Å². The zero-order valence-electron chi connectivity index (χ0n) is 14.2. The highest BCUT2D eigenvalue weighted by molar-refractivity contribution is 7.21. The van der Waals surface area contributed by atoms with Crippen molar-refractivity contribution in [3.8, 4) is 6.07 Å². The summed E-state index contributed by atoms with van der Waals surface area (Å²) in [5, 5.41) is 17.8. The third-order valence-corrected chi connectivity index (χ3v) is 5.72. The Kier molecular flexibility index (Phi) is 4.37. The van der Waals surface area contributed by atoms with E-state index in [1.807, 2.05) is 6.07 Å². The van der Waals surface area contributed by atoms with E-state index in [0.717, 1.165) is 18.2 Å². The molecule has 1 atom stereocenters. The molecule has 0 aliphatic carbocycles. The van der Waals surface area contributed by atoms with E-state index in [1.54, 1.807) is 17.2 Å². The highest BCUT2D eigenvalue weighted by Crippen LogP contribution is 2.41. The zero-order valence-corrected chi connectivity index (χ0v) is 15.1. The second kappa shape index (κ2) is 6.85. The first-order valence-electron chi connectivity index (χ1n) is 8.52. The summed E-state index contributed by atoms with van der Waals surface area (Å²) >= 11 is 1.22. The Bertz CT molecular complexity index is 994. The Morgan fingerprint density at radius 1 is 1.44 bits per heavy atom. The third-order valence-electron chi connectivity index (χ3n) is 4.62. The molecule has 2 aliphatic heterocycles. The molecular formula is C17H16N6O3S. The van der Waals surface area contributed by atoms with Gasteiger partial charge in [-0.3, -0.25) is 9.59 Å². The smallest absolute Gasteiger partial charge is 0.323 e. The van der Waals surface area contributed by atoms with Crippen LogP contribution in [0.1, 0.15) is 28.9 Å². The first kappa shape index (κ1) is 17.2. The summed E-state index contributed by atoms with van der Waals surface area (Å²) in [6, 6.07) is 2.96. The molecule has 0 bridgehead atoms. The molecule has 0 spiro atoms. The van der Waals surface area contributed by atoms with E-state index in [0.29, 0.717) is 34.2 Å². The third kappa shape index (κ3) is 3.17. The van der Waals surface area contributed by atoms with Crippen LogP contribution in [0.25, 0.3) is 10.2 Å². The minimum absolute atomic E-state index is 0.158. The minimum atomic E-state index is -0.395. The summed E-state index contributed by atoms with van der Waals surface area (Å²) < 4.78 is 0. The van der Waals surface area contributed by atoms with Crippen molar-refractivity contribution in [3.05, 3.63) is 17.1 Å². The maximum Gasteiger partial charge on any atom is 0.323 e. The van der Waals surface area contributed by atoms with Crippen molar-refractivity contribution in [3.63, 3.8) is 0 Å². The fraction of sp³-hybridized carbons (Fsp3) is 0.353. The van der Waals surface area contributed by atoms with E-state index in [4.69, 9.17) is 5.26 Å². The molecule has 0 radical (unpaired) electrons. The number of hydrogen-bond acceptors (Lipinski definition) is 6. The number of piperidine rings is 1. The van der Waals surface area contributed by atoms with Crippen LogP contribution in [0.3, 0.4) is 0 Å². The largest absolute Gasteiger partial charge is 0.347 e. The molecule has 0 saturated carbocycles. The van der Waals surface area contributed by atoms with Crippen molar-refractivity contribution < 1.29 is 14.4 Å². The Balaban J connectivity index is 1.55. The number of carbonyl (C=O) groups is 3. The monoisotopic (exact) mass is 384 g/mol. The summed E-state index contributed by atoms with van der Waals surface area (Å²) in [5.41, 5.74) is 1.09. The van der Waals surface area contributed by atoms with Crippen molar-refractivity contribution in [2.45, 2.75) is 25.3 Å². The van der Waals surface area contributed by atoms with Gasteiger partial charge >= 0.3 is 6.03 Å². The molecule has 2 aromatic rings. The predicted molar refractivity (Wildman–Crippen MR) is 99.6 cm³/mol. The van der Waals surface area contributed by atoms with Gasteiger partial charge in [-0.25, -0.2) is 9.78 Å². The molecule has 1 saturated heterocycles. The topological polar surface area (TPSA) is 127 Å². The fourth-order valence-electron chi connectivity index (χ4n) is 3.43. The fourth-order valence-corrected chi connectivity index (χ4v) is 4.45. The van der Waals surface area contributed by atoms with Crippen LogP contribution >= 0.6 is 11.3 Å². The van der Waals surface area contributed by atoms with Gasteiger partial charge in [0.1, 0.15) is 16.1 Å². The minimum Gasteiger partial charge on any atom is -0.347 e. The van der Waals surface area contributed by atoms with Gasteiger partial charge in [0, 0.05) is 25.3 Å². The van der Waals surface area contributed by atoms with Crippen molar-refractivity contribution in [2.75, 3.05) is 23.7 Å². The van der Waals surface area contributed by atoms with E-state index >= 15 is 0 Å². The molecule has 2 aromatic heterocycles. The highest BCUT2D eigenvalue weighted by Gasteiger charge is 2.29. The number of nitrogens with one attached hydrogen (secondary N) is 3. The molecule has 2 aliphatic rings. The van der Waals surface area contributed by atoms with Gasteiger partial charge in [-0.2, -0.15) is 5.26 Å². The van der Waals surface area contributed by atoms with Gasteiger partial charge in [-0.05, 0) is 18.9 Å². The predicted octanol–water partition coefficient (Wildman–Crippen LogP) is 1.89. The SMILES string of the molecule is N#CCC(=O)N1CCCC(NC(=O)c2sc3nccc4c3c2NC(=O)N4)C1. The number of pyridine rings is 1. The standard InChI is InChI=1S/C17H16N6O3S/c18-5-3-11(24)23-7-1-2-9(8-23)20-15(25)14-13-12-10(21-17(26)22-13)4-6-19-16(12)27-14/h4,6,9H,1-3,7-8H2,(H,20,25)(H2,21,22,26). The second-order valence-electron chi connectivity index (χ2n) is 6.41. The van der Waals surface area contributed by atoms with Gasteiger partial charge in [0.15, 0.2) is 0 Å². The van der Waals surface area contributed by atoms with E-state index in [9.17, 15) is 14.4 Å². The van der Waals surface area contributed by atoms with E-state index in [1.165, 1.54) is 11.3 Å². The molecule has 4 heterocycles. The van der Waals surface area contributed by atoms with Crippen molar-refractivity contribution >= 4 is 50.8 Å². The molecule has 10 heteroatoms.